The van der Waals surface area contributed by atoms with Gasteiger partial charge in [-0.3, -0.25) is 0 Å². The van der Waals surface area contributed by atoms with Crippen LogP contribution in [0, 0.1) is 5.92 Å². The van der Waals surface area contributed by atoms with Crippen molar-refractivity contribution in [2.75, 3.05) is 11.4 Å². The van der Waals surface area contributed by atoms with Crippen LogP contribution in [0.2, 0.25) is 0 Å². The van der Waals surface area contributed by atoms with Gasteiger partial charge in [-0.2, -0.15) is 0 Å². The highest BCUT2D eigenvalue weighted by Gasteiger charge is 2.31. The number of para-hydroxylation sites is 1. The molecule has 1 saturated carbocycles. The second kappa shape index (κ2) is 5.35. The van der Waals surface area contributed by atoms with Crippen molar-refractivity contribution >= 4 is 22.7 Å². The fourth-order valence-corrected chi connectivity index (χ4v) is 2.69. The van der Waals surface area contributed by atoms with Crippen LogP contribution in [0.5, 0.6) is 0 Å². The van der Waals surface area contributed by atoms with Crippen LogP contribution in [0.3, 0.4) is 0 Å². The van der Waals surface area contributed by atoms with Crippen molar-refractivity contribution in [1.29, 1.82) is 0 Å². The van der Waals surface area contributed by atoms with Crippen LogP contribution < -0.4 is 4.90 Å². The fraction of sp³-hybridized carbons (Fsp3) is 0.412. The van der Waals surface area contributed by atoms with Crippen LogP contribution in [0.4, 0.5) is 5.82 Å². The van der Waals surface area contributed by atoms with E-state index in [2.05, 4.69) is 18.7 Å². The molecule has 0 spiro atoms. The third-order valence-corrected chi connectivity index (χ3v) is 3.78. The zero-order valence-electron chi connectivity index (χ0n) is 12.4. The first-order valence-electron chi connectivity index (χ1n) is 7.46. The SMILES string of the molecule is CC(C)CN(c1cc(C(=O)O)c2ccccc2n1)C1CC1. The molecule has 0 amide bonds. The van der Waals surface area contributed by atoms with E-state index in [0.717, 1.165) is 17.9 Å². The Bertz CT molecular complexity index is 678. The smallest absolute Gasteiger partial charge is 0.336 e. The van der Waals surface area contributed by atoms with Crippen LogP contribution in [0.1, 0.15) is 37.0 Å². The number of carbonyl (C=O) groups is 1. The van der Waals surface area contributed by atoms with Gasteiger partial charge in [0.05, 0.1) is 11.1 Å². The van der Waals surface area contributed by atoms with Crippen molar-refractivity contribution in [2.24, 2.45) is 5.92 Å². The molecular weight excluding hydrogens is 264 g/mol. The van der Waals surface area contributed by atoms with Crippen LogP contribution >= 0.6 is 0 Å². The predicted molar refractivity (Wildman–Crippen MR) is 83.9 cm³/mol. The van der Waals surface area contributed by atoms with Crippen LogP contribution in [-0.2, 0) is 0 Å². The molecule has 4 nitrogen and oxygen atoms in total. The molecule has 1 aliphatic rings. The summed E-state index contributed by atoms with van der Waals surface area (Å²) in [6.07, 6.45) is 2.34. The summed E-state index contributed by atoms with van der Waals surface area (Å²) in [7, 11) is 0. The van der Waals surface area contributed by atoms with Crippen molar-refractivity contribution in [2.45, 2.75) is 32.7 Å². The number of carboxylic acid groups (broad SMARTS) is 1. The number of aromatic carboxylic acids is 1. The highest BCUT2D eigenvalue weighted by atomic mass is 16.4. The molecule has 21 heavy (non-hydrogen) atoms. The number of hydrogen-bond donors (Lipinski definition) is 1. The van der Waals surface area contributed by atoms with Gasteiger partial charge < -0.3 is 10.0 Å². The molecule has 1 aliphatic carbocycles. The van der Waals surface area contributed by atoms with Gasteiger partial charge in [-0.1, -0.05) is 32.0 Å². The lowest BCUT2D eigenvalue weighted by molar-refractivity contribution is 0.0699. The van der Waals surface area contributed by atoms with Gasteiger partial charge in [-0.05, 0) is 30.9 Å². The van der Waals surface area contributed by atoms with E-state index in [0.29, 0.717) is 22.9 Å². The van der Waals surface area contributed by atoms with E-state index in [1.165, 1.54) is 12.8 Å². The van der Waals surface area contributed by atoms with E-state index in [1.54, 1.807) is 6.07 Å². The molecule has 1 N–H and O–H groups in total. The lowest BCUT2D eigenvalue weighted by atomic mass is 10.1. The average Bonchev–Trinajstić information content (AvgIpc) is 3.27. The first-order chi connectivity index (χ1) is 10.1. The maximum absolute atomic E-state index is 11.6. The first kappa shape index (κ1) is 13.9. The Kier molecular flexibility index (Phi) is 3.53. The Morgan fingerprint density at radius 3 is 2.71 bits per heavy atom. The molecule has 4 heteroatoms. The number of anilines is 1. The summed E-state index contributed by atoms with van der Waals surface area (Å²) in [4.78, 5) is 18.5. The molecule has 0 unspecified atom stereocenters. The lowest BCUT2D eigenvalue weighted by Crippen LogP contribution is -2.30. The number of carboxylic acids is 1. The largest absolute Gasteiger partial charge is 0.478 e. The van der Waals surface area contributed by atoms with Gasteiger partial charge in [-0.25, -0.2) is 9.78 Å². The minimum Gasteiger partial charge on any atom is -0.478 e. The van der Waals surface area contributed by atoms with E-state index in [9.17, 15) is 9.90 Å². The van der Waals surface area contributed by atoms with Gasteiger partial charge in [0, 0.05) is 18.0 Å². The summed E-state index contributed by atoms with van der Waals surface area (Å²) in [6.45, 7) is 5.26. The number of benzene rings is 1. The number of rotatable bonds is 5. The Labute approximate surface area is 124 Å². The second-order valence-electron chi connectivity index (χ2n) is 6.13. The molecule has 0 bridgehead atoms. The number of hydrogen-bond acceptors (Lipinski definition) is 3. The average molecular weight is 284 g/mol. The summed E-state index contributed by atoms with van der Waals surface area (Å²) >= 11 is 0. The molecule has 1 heterocycles. The molecule has 0 atom stereocenters. The predicted octanol–water partition coefficient (Wildman–Crippen LogP) is 3.56. The molecule has 0 radical (unpaired) electrons. The summed E-state index contributed by atoms with van der Waals surface area (Å²) in [5, 5.41) is 10.2. The summed E-state index contributed by atoms with van der Waals surface area (Å²) in [6, 6.07) is 9.69. The normalized spacial score (nSPS) is 14.6. The third-order valence-electron chi connectivity index (χ3n) is 3.78. The molecule has 1 aromatic carbocycles. The molecule has 110 valence electrons. The Morgan fingerprint density at radius 1 is 1.38 bits per heavy atom. The second-order valence-corrected chi connectivity index (χ2v) is 6.13. The van der Waals surface area contributed by atoms with E-state index in [4.69, 9.17) is 4.98 Å². The molecule has 0 aliphatic heterocycles. The van der Waals surface area contributed by atoms with Gasteiger partial charge >= 0.3 is 5.97 Å². The third kappa shape index (κ3) is 2.84. The summed E-state index contributed by atoms with van der Waals surface area (Å²) < 4.78 is 0. The fourth-order valence-electron chi connectivity index (χ4n) is 2.69. The molecule has 3 rings (SSSR count). The summed E-state index contributed by atoms with van der Waals surface area (Å²) in [5.74, 6) is 0.421. The Balaban J connectivity index is 2.11. The van der Waals surface area contributed by atoms with Crippen molar-refractivity contribution in [3.8, 4) is 0 Å². The standard InChI is InChI=1S/C17H20N2O2/c1-11(2)10-19(12-7-8-12)16-9-14(17(20)21)13-5-3-4-6-15(13)18-16/h3-6,9,11-12H,7-8,10H2,1-2H3,(H,20,21). The minimum absolute atomic E-state index is 0.338. The van der Waals surface area contributed by atoms with Crippen molar-refractivity contribution < 1.29 is 9.90 Å². The van der Waals surface area contributed by atoms with Gasteiger partial charge in [-0.15, -0.1) is 0 Å². The van der Waals surface area contributed by atoms with E-state index in [1.807, 2.05) is 24.3 Å². The van der Waals surface area contributed by atoms with Gasteiger partial charge in [0.15, 0.2) is 0 Å². The van der Waals surface area contributed by atoms with Crippen molar-refractivity contribution in [1.82, 2.24) is 4.98 Å². The molecule has 2 aromatic rings. The molecular formula is C17H20N2O2. The number of aromatic nitrogens is 1. The van der Waals surface area contributed by atoms with Gasteiger partial charge in [0.1, 0.15) is 5.82 Å². The van der Waals surface area contributed by atoms with Crippen molar-refractivity contribution in [3.63, 3.8) is 0 Å². The lowest BCUT2D eigenvalue weighted by Gasteiger charge is -2.26. The Hall–Kier alpha value is -2.10. The topological polar surface area (TPSA) is 53.4 Å². The maximum atomic E-state index is 11.6. The molecule has 1 aromatic heterocycles. The number of nitrogens with zero attached hydrogens (tertiary/aromatic N) is 2. The highest BCUT2D eigenvalue weighted by Crippen LogP contribution is 2.33. The molecule has 1 fully saturated rings. The van der Waals surface area contributed by atoms with Crippen LogP contribution in [0.25, 0.3) is 10.9 Å². The monoisotopic (exact) mass is 284 g/mol. The van der Waals surface area contributed by atoms with E-state index in [-0.39, 0.29) is 0 Å². The van der Waals surface area contributed by atoms with E-state index >= 15 is 0 Å². The van der Waals surface area contributed by atoms with E-state index < -0.39 is 5.97 Å². The Morgan fingerprint density at radius 2 is 2.10 bits per heavy atom. The molecule has 0 saturated heterocycles. The zero-order valence-corrected chi connectivity index (χ0v) is 12.4. The zero-order chi connectivity index (χ0) is 15.0. The van der Waals surface area contributed by atoms with Gasteiger partial charge in [0.25, 0.3) is 0 Å². The van der Waals surface area contributed by atoms with Crippen LogP contribution in [-0.4, -0.2) is 28.6 Å². The highest BCUT2D eigenvalue weighted by molar-refractivity contribution is 6.03. The first-order valence-corrected chi connectivity index (χ1v) is 7.46. The quantitative estimate of drug-likeness (QED) is 0.912. The maximum Gasteiger partial charge on any atom is 0.336 e. The van der Waals surface area contributed by atoms with Crippen LogP contribution in [0.15, 0.2) is 30.3 Å². The minimum atomic E-state index is -0.893. The summed E-state index contributed by atoms with van der Waals surface area (Å²) in [5.41, 5.74) is 1.09. The van der Waals surface area contributed by atoms with Gasteiger partial charge in [0.2, 0.25) is 0 Å². The number of fused-ring (bicyclic) bond motifs is 1. The van der Waals surface area contributed by atoms with Crippen molar-refractivity contribution in [3.05, 3.63) is 35.9 Å². The number of pyridine rings is 1.